The third-order valence-corrected chi connectivity index (χ3v) is 8.46. The first-order valence-electron chi connectivity index (χ1n) is 14.3. The fourth-order valence-corrected chi connectivity index (χ4v) is 5.88. The van der Waals surface area contributed by atoms with Gasteiger partial charge in [-0.3, -0.25) is 0 Å². The van der Waals surface area contributed by atoms with Crippen molar-refractivity contribution in [2.45, 2.75) is 51.9 Å². The van der Waals surface area contributed by atoms with Crippen LogP contribution in [0.15, 0.2) is 78.0 Å². The maximum atomic E-state index is 13.9. The van der Waals surface area contributed by atoms with Crippen molar-refractivity contribution in [2.24, 2.45) is 4.99 Å². The van der Waals surface area contributed by atoms with Crippen LogP contribution >= 0.6 is 11.8 Å². The highest BCUT2D eigenvalue weighted by Crippen LogP contribution is 2.33. The van der Waals surface area contributed by atoms with Gasteiger partial charge in [0, 0.05) is 35.5 Å². The van der Waals surface area contributed by atoms with Gasteiger partial charge in [-0.05, 0) is 66.4 Å². The van der Waals surface area contributed by atoms with Gasteiger partial charge in [0.25, 0.3) is 0 Å². The first-order chi connectivity index (χ1) is 21.4. The van der Waals surface area contributed by atoms with Crippen LogP contribution in [0, 0.1) is 5.82 Å². The van der Waals surface area contributed by atoms with E-state index in [9.17, 15) is 22.4 Å². The van der Waals surface area contributed by atoms with Gasteiger partial charge in [0.1, 0.15) is 17.9 Å². The highest BCUT2D eigenvalue weighted by atomic mass is 32.2. The summed E-state index contributed by atoms with van der Waals surface area (Å²) in [5.41, 5.74) is 4.00. The molecule has 1 fully saturated rings. The lowest BCUT2D eigenvalue weighted by Crippen LogP contribution is -2.36. The predicted molar refractivity (Wildman–Crippen MR) is 168 cm³/mol. The Balaban J connectivity index is 1.22. The number of nitrogens with zero attached hydrogens (tertiary/aromatic N) is 5. The highest BCUT2D eigenvalue weighted by Gasteiger charge is 2.31. The summed E-state index contributed by atoms with van der Waals surface area (Å²) in [6.07, 6.45) is -3.28. The monoisotopic (exact) mass is 640 g/mol. The fourth-order valence-electron chi connectivity index (χ4n) is 4.94. The highest BCUT2D eigenvalue weighted by molar-refractivity contribution is 8.14. The summed E-state index contributed by atoms with van der Waals surface area (Å²) in [4.78, 5) is 23.6. The van der Waals surface area contributed by atoms with Crippen LogP contribution in [0.4, 0.5) is 28.0 Å². The van der Waals surface area contributed by atoms with E-state index in [0.717, 1.165) is 28.1 Å². The maximum absolute atomic E-state index is 13.9. The predicted octanol–water partition coefficient (Wildman–Crippen LogP) is 7.91. The molecule has 0 aliphatic carbocycles. The topological polar surface area (TPSA) is 84.6 Å². The lowest BCUT2D eigenvalue weighted by atomic mass is 9.93. The third-order valence-electron chi connectivity index (χ3n) is 7.50. The molecule has 0 bridgehead atoms. The molecular formula is C32H32F4N6O2S. The van der Waals surface area contributed by atoms with E-state index in [4.69, 9.17) is 0 Å². The smallest absolute Gasteiger partial charge is 0.406 e. The van der Waals surface area contributed by atoms with E-state index < -0.39 is 12.4 Å². The number of urea groups is 1. The Morgan fingerprint density at radius 1 is 1.02 bits per heavy atom. The molecule has 3 aromatic carbocycles. The quantitative estimate of drug-likeness (QED) is 0.197. The number of benzene rings is 3. The number of carbonyl (C=O) groups is 1. The molecule has 1 aliphatic heterocycles. The van der Waals surface area contributed by atoms with Crippen LogP contribution in [0.25, 0.3) is 17.1 Å². The number of ether oxygens (including phenoxy) is 1. The number of halogens is 4. The van der Waals surface area contributed by atoms with Gasteiger partial charge < -0.3 is 15.0 Å². The van der Waals surface area contributed by atoms with Gasteiger partial charge in [0.2, 0.25) is 0 Å². The van der Waals surface area contributed by atoms with Gasteiger partial charge in [-0.1, -0.05) is 56.8 Å². The van der Waals surface area contributed by atoms with Crippen LogP contribution in [0.5, 0.6) is 5.75 Å². The molecule has 1 N–H and O–H groups in total. The van der Waals surface area contributed by atoms with Gasteiger partial charge in [0.05, 0.1) is 5.69 Å². The zero-order valence-corrected chi connectivity index (χ0v) is 25.9. The zero-order chi connectivity index (χ0) is 32.3. The van der Waals surface area contributed by atoms with Gasteiger partial charge in [-0.25, -0.2) is 18.9 Å². The van der Waals surface area contributed by atoms with Crippen molar-refractivity contribution in [3.05, 3.63) is 90.0 Å². The van der Waals surface area contributed by atoms with E-state index in [0.29, 0.717) is 23.2 Å². The van der Waals surface area contributed by atoms with Crippen LogP contribution in [0.3, 0.4) is 0 Å². The number of anilines is 1. The molecule has 45 heavy (non-hydrogen) atoms. The summed E-state index contributed by atoms with van der Waals surface area (Å²) in [6, 6.07) is 17.0. The average molecular weight is 641 g/mol. The minimum atomic E-state index is -4.76. The van der Waals surface area contributed by atoms with Crippen molar-refractivity contribution >= 4 is 28.6 Å². The first kappa shape index (κ1) is 32.0. The molecule has 2 amide bonds. The number of amidine groups is 1. The van der Waals surface area contributed by atoms with E-state index in [1.165, 1.54) is 59.2 Å². The van der Waals surface area contributed by atoms with Crippen molar-refractivity contribution in [1.29, 1.82) is 0 Å². The average Bonchev–Trinajstić information content (AvgIpc) is 3.67. The standard InChI is InChI=1S/C32H32F4N6O2S/c1-19(2)27-17-24(33)9-14-28(27)41-15-16-45-31(41)39-30(43)38-21(4)20(3)22-5-7-23(8-6-22)29-37-18-42(40-29)25-10-12-26(13-11-25)44-32(34,35)36/h5-14,17-21H,15-16H2,1-4H3,(H,38,43). The Labute approximate surface area is 262 Å². The molecule has 0 saturated carbocycles. The molecule has 1 aromatic heterocycles. The molecule has 236 valence electrons. The zero-order valence-electron chi connectivity index (χ0n) is 25.0. The van der Waals surface area contributed by atoms with E-state index >= 15 is 0 Å². The molecule has 0 radical (unpaired) electrons. The number of aromatic nitrogens is 3. The summed E-state index contributed by atoms with van der Waals surface area (Å²) < 4.78 is 56.6. The van der Waals surface area contributed by atoms with Gasteiger partial charge in [0.15, 0.2) is 11.0 Å². The number of aliphatic imine (C=N–C) groups is 1. The van der Waals surface area contributed by atoms with Crippen molar-refractivity contribution in [2.75, 3.05) is 17.2 Å². The lowest BCUT2D eigenvalue weighted by molar-refractivity contribution is -0.274. The first-order valence-corrected chi connectivity index (χ1v) is 15.3. The molecule has 4 aromatic rings. The Morgan fingerprint density at radius 2 is 1.73 bits per heavy atom. The van der Waals surface area contributed by atoms with E-state index in [2.05, 4.69) is 25.1 Å². The Kier molecular flexibility index (Phi) is 9.47. The Morgan fingerprint density at radius 3 is 2.40 bits per heavy atom. The van der Waals surface area contributed by atoms with Gasteiger partial charge >= 0.3 is 12.4 Å². The number of amides is 2. The number of thioether (sulfide) groups is 1. The van der Waals surface area contributed by atoms with E-state index in [1.54, 1.807) is 6.07 Å². The molecule has 2 heterocycles. The molecule has 8 nitrogen and oxygen atoms in total. The SMILES string of the molecule is CC(C)c1cc(F)ccc1N1CCSC1=NC(=O)NC(C)C(C)c1ccc(-c2ncn(-c3ccc(OC(F)(F)F)cc3)n2)cc1. The molecule has 13 heteroatoms. The largest absolute Gasteiger partial charge is 0.573 e. The second-order valence-corrected chi connectivity index (χ2v) is 12.0. The van der Waals surface area contributed by atoms with Crippen LogP contribution in [-0.2, 0) is 0 Å². The molecule has 1 saturated heterocycles. The Hall–Kier alpha value is -4.39. The number of carbonyl (C=O) groups excluding carboxylic acids is 1. The number of hydrogen-bond donors (Lipinski definition) is 1. The summed E-state index contributed by atoms with van der Waals surface area (Å²) in [5.74, 6) is 0.677. The molecular weight excluding hydrogens is 608 g/mol. The number of nitrogens with one attached hydrogen (secondary N) is 1. The second kappa shape index (κ2) is 13.3. The summed E-state index contributed by atoms with van der Waals surface area (Å²) in [7, 11) is 0. The number of rotatable bonds is 8. The van der Waals surface area contributed by atoms with Gasteiger partial charge in [-0.15, -0.1) is 18.3 Å². The minimum Gasteiger partial charge on any atom is -0.406 e. The second-order valence-electron chi connectivity index (χ2n) is 11.0. The third kappa shape index (κ3) is 7.83. The molecule has 5 rings (SSSR count). The summed E-state index contributed by atoms with van der Waals surface area (Å²) in [5, 5.41) is 8.01. The van der Waals surface area contributed by atoms with Crippen LogP contribution < -0.4 is 15.0 Å². The summed E-state index contributed by atoms with van der Waals surface area (Å²) >= 11 is 1.49. The normalized spacial score (nSPS) is 15.8. The van der Waals surface area contributed by atoms with Crippen LogP contribution in [0.2, 0.25) is 0 Å². The Bertz CT molecular complexity index is 1670. The van der Waals surface area contributed by atoms with Gasteiger partial charge in [-0.2, -0.15) is 4.99 Å². The molecule has 2 unspecified atom stereocenters. The maximum Gasteiger partial charge on any atom is 0.573 e. The number of alkyl halides is 3. The summed E-state index contributed by atoms with van der Waals surface area (Å²) in [6.45, 7) is 8.62. The minimum absolute atomic E-state index is 0.0388. The van der Waals surface area contributed by atoms with Crippen LogP contribution in [0.1, 0.15) is 50.7 Å². The van der Waals surface area contributed by atoms with Crippen molar-refractivity contribution < 1.29 is 27.1 Å². The van der Waals surface area contributed by atoms with Crippen molar-refractivity contribution in [1.82, 2.24) is 20.1 Å². The fraction of sp³-hybridized carbons (Fsp3) is 0.312. The van der Waals surface area contributed by atoms with E-state index in [1.807, 2.05) is 56.9 Å². The lowest BCUT2D eigenvalue weighted by Gasteiger charge is -2.24. The van der Waals surface area contributed by atoms with E-state index in [-0.39, 0.29) is 29.4 Å². The van der Waals surface area contributed by atoms with Crippen molar-refractivity contribution in [3.8, 4) is 22.8 Å². The molecule has 0 spiro atoms. The molecule has 1 aliphatic rings. The van der Waals surface area contributed by atoms with Crippen LogP contribution in [-0.4, -0.2) is 50.7 Å². The molecule has 2 atom stereocenters. The number of hydrogen-bond acceptors (Lipinski definition) is 5. The van der Waals surface area contributed by atoms with Crippen molar-refractivity contribution in [3.63, 3.8) is 0 Å².